The van der Waals surface area contributed by atoms with Crippen LogP contribution in [0, 0.1) is 0 Å². The van der Waals surface area contributed by atoms with E-state index >= 15 is 0 Å². The van der Waals surface area contributed by atoms with Crippen LogP contribution in [0.15, 0.2) is 0 Å². The number of hydrogen-bond donors (Lipinski definition) is 0. The maximum Gasteiger partial charge on any atom is 0.0221 e. The van der Waals surface area contributed by atoms with E-state index in [1.165, 1.54) is 71.5 Å². The van der Waals surface area contributed by atoms with Crippen molar-refractivity contribution in [2.75, 3.05) is 52.9 Å². The van der Waals surface area contributed by atoms with Crippen molar-refractivity contribution in [3.8, 4) is 0 Å². The summed E-state index contributed by atoms with van der Waals surface area (Å²) in [6.07, 6.45) is 5.58. The van der Waals surface area contributed by atoms with Gasteiger partial charge in [0.1, 0.15) is 0 Å². The fourth-order valence-electron chi connectivity index (χ4n) is 3.13. The molecular weight excluding hydrogens is 210 g/mol. The van der Waals surface area contributed by atoms with Crippen LogP contribution in [0.2, 0.25) is 0 Å². The van der Waals surface area contributed by atoms with Crippen molar-refractivity contribution in [1.82, 2.24) is 14.7 Å². The molecule has 100 valence electrons. The molecule has 0 aromatic heterocycles. The van der Waals surface area contributed by atoms with Crippen molar-refractivity contribution < 1.29 is 0 Å². The second-order valence-electron chi connectivity index (χ2n) is 5.76. The highest BCUT2D eigenvalue weighted by molar-refractivity contribution is 4.80. The van der Waals surface area contributed by atoms with Gasteiger partial charge in [-0.05, 0) is 39.4 Å². The molecule has 3 heteroatoms. The number of likely N-dealkylation sites (N-methyl/N-ethyl adjacent to an activating group) is 1. The summed E-state index contributed by atoms with van der Waals surface area (Å²) in [5.41, 5.74) is 0. The van der Waals surface area contributed by atoms with E-state index in [4.69, 9.17) is 0 Å². The Hall–Kier alpha value is -0.120. The number of likely N-dealkylation sites (tertiary alicyclic amines) is 1. The fourth-order valence-corrected chi connectivity index (χ4v) is 3.13. The summed E-state index contributed by atoms with van der Waals surface area (Å²) in [7, 11) is 2.24. The first-order valence-electron chi connectivity index (χ1n) is 7.44. The van der Waals surface area contributed by atoms with Crippen LogP contribution in [0.25, 0.3) is 0 Å². The Kier molecular flexibility index (Phi) is 5.26. The first-order chi connectivity index (χ1) is 8.29. The normalized spacial score (nSPS) is 27.2. The molecule has 0 radical (unpaired) electrons. The molecule has 0 amide bonds. The summed E-state index contributed by atoms with van der Waals surface area (Å²) in [4.78, 5) is 7.86. The van der Waals surface area contributed by atoms with Gasteiger partial charge in [-0.2, -0.15) is 0 Å². The molecule has 2 aliphatic heterocycles. The zero-order valence-electron chi connectivity index (χ0n) is 11.7. The van der Waals surface area contributed by atoms with Gasteiger partial charge in [-0.1, -0.05) is 13.3 Å². The molecule has 2 fully saturated rings. The summed E-state index contributed by atoms with van der Waals surface area (Å²) >= 11 is 0. The molecule has 0 aromatic carbocycles. The molecule has 0 aromatic rings. The number of piperazine rings is 1. The molecule has 0 saturated carbocycles. The molecule has 0 bridgehead atoms. The van der Waals surface area contributed by atoms with Crippen LogP contribution >= 0.6 is 0 Å². The van der Waals surface area contributed by atoms with Gasteiger partial charge >= 0.3 is 0 Å². The van der Waals surface area contributed by atoms with Gasteiger partial charge in [0.25, 0.3) is 0 Å². The predicted octanol–water partition coefficient (Wildman–Crippen LogP) is 1.50. The maximum atomic E-state index is 2.72. The van der Waals surface area contributed by atoms with Crippen molar-refractivity contribution in [2.45, 2.75) is 38.6 Å². The van der Waals surface area contributed by atoms with Gasteiger partial charge in [-0.25, -0.2) is 0 Å². The van der Waals surface area contributed by atoms with E-state index in [2.05, 4.69) is 28.7 Å². The van der Waals surface area contributed by atoms with Crippen molar-refractivity contribution in [3.63, 3.8) is 0 Å². The van der Waals surface area contributed by atoms with Crippen LogP contribution in [0.1, 0.15) is 32.6 Å². The lowest BCUT2D eigenvalue weighted by atomic mass is 10.1. The molecule has 0 N–H and O–H groups in total. The predicted molar refractivity (Wildman–Crippen MR) is 73.4 cm³/mol. The summed E-state index contributed by atoms with van der Waals surface area (Å²) < 4.78 is 0. The minimum atomic E-state index is 0.793. The number of nitrogens with zero attached hydrogens (tertiary/aromatic N) is 3. The molecule has 2 saturated heterocycles. The van der Waals surface area contributed by atoms with Crippen LogP contribution in [-0.2, 0) is 0 Å². The van der Waals surface area contributed by atoms with E-state index in [1.54, 1.807) is 0 Å². The third-order valence-corrected chi connectivity index (χ3v) is 4.44. The minimum absolute atomic E-state index is 0.793. The first kappa shape index (κ1) is 13.3. The standard InChI is InChI=1S/C14H29N3/c1-3-14(13-16-7-5-4-6-8-16)17-11-9-15(2)10-12-17/h14H,3-13H2,1-2H3. The van der Waals surface area contributed by atoms with Gasteiger partial charge in [0, 0.05) is 38.8 Å². The van der Waals surface area contributed by atoms with Crippen LogP contribution in [-0.4, -0.2) is 73.6 Å². The molecule has 1 unspecified atom stereocenters. The third-order valence-electron chi connectivity index (χ3n) is 4.44. The van der Waals surface area contributed by atoms with Crippen molar-refractivity contribution in [1.29, 1.82) is 0 Å². The molecule has 2 rings (SSSR count). The molecule has 2 aliphatic rings. The van der Waals surface area contributed by atoms with Crippen molar-refractivity contribution in [3.05, 3.63) is 0 Å². The smallest absolute Gasteiger partial charge is 0.0221 e. The topological polar surface area (TPSA) is 9.72 Å². The number of piperidine rings is 1. The Morgan fingerprint density at radius 3 is 2.12 bits per heavy atom. The lowest BCUT2D eigenvalue weighted by molar-refractivity contribution is 0.0780. The average Bonchev–Trinajstić information content (AvgIpc) is 2.38. The molecule has 0 aliphatic carbocycles. The van der Waals surface area contributed by atoms with Crippen LogP contribution < -0.4 is 0 Å². The van der Waals surface area contributed by atoms with Gasteiger partial charge in [0.2, 0.25) is 0 Å². The van der Waals surface area contributed by atoms with Gasteiger partial charge in [-0.3, -0.25) is 4.90 Å². The van der Waals surface area contributed by atoms with Gasteiger partial charge in [-0.15, -0.1) is 0 Å². The van der Waals surface area contributed by atoms with Crippen molar-refractivity contribution >= 4 is 0 Å². The summed E-state index contributed by atoms with van der Waals surface area (Å²) in [5.74, 6) is 0. The second-order valence-corrected chi connectivity index (χ2v) is 5.76. The molecule has 2 heterocycles. The number of rotatable bonds is 4. The molecule has 0 spiro atoms. The average molecular weight is 239 g/mol. The van der Waals surface area contributed by atoms with E-state index < -0.39 is 0 Å². The van der Waals surface area contributed by atoms with E-state index in [9.17, 15) is 0 Å². The zero-order valence-corrected chi connectivity index (χ0v) is 11.7. The van der Waals surface area contributed by atoms with Gasteiger partial charge in [0.15, 0.2) is 0 Å². The number of hydrogen-bond acceptors (Lipinski definition) is 3. The lowest BCUT2D eigenvalue weighted by Crippen LogP contribution is -2.52. The summed E-state index contributed by atoms with van der Waals surface area (Å²) in [5, 5.41) is 0. The Morgan fingerprint density at radius 1 is 0.882 bits per heavy atom. The minimum Gasteiger partial charge on any atom is -0.304 e. The zero-order chi connectivity index (χ0) is 12.1. The fraction of sp³-hybridized carbons (Fsp3) is 1.00. The van der Waals surface area contributed by atoms with Gasteiger partial charge < -0.3 is 9.80 Å². The largest absolute Gasteiger partial charge is 0.304 e. The van der Waals surface area contributed by atoms with Crippen molar-refractivity contribution in [2.24, 2.45) is 0 Å². The second kappa shape index (κ2) is 6.72. The van der Waals surface area contributed by atoms with Gasteiger partial charge in [0.05, 0.1) is 0 Å². The maximum absolute atomic E-state index is 2.72. The Labute approximate surface area is 107 Å². The summed E-state index contributed by atoms with van der Waals surface area (Å²) in [6.45, 7) is 11.4. The van der Waals surface area contributed by atoms with Crippen LogP contribution in [0.4, 0.5) is 0 Å². The Morgan fingerprint density at radius 2 is 1.53 bits per heavy atom. The monoisotopic (exact) mass is 239 g/mol. The Balaban J connectivity index is 1.78. The highest BCUT2D eigenvalue weighted by atomic mass is 15.3. The van der Waals surface area contributed by atoms with E-state index in [1.807, 2.05) is 0 Å². The molecule has 17 heavy (non-hydrogen) atoms. The third kappa shape index (κ3) is 3.94. The van der Waals surface area contributed by atoms with Crippen LogP contribution in [0.5, 0.6) is 0 Å². The van der Waals surface area contributed by atoms with E-state index in [0.29, 0.717) is 0 Å². The Bertz CT molecular complexity index is 206. The van der Waals surface area contributed by atoms with E-state index in [-0.39, 0.29) is 0 Å². The van der Waals surface area contributed by atoms with E-state index in [0.717, 1.165) is 6.04 Å². The highest BCUT2D eigenvalue weighted by Crippen LogP contribution is 2.14. The molecule has 3 nitrogen and oxygen atoms in total. The SMILES string of the molecule is CCC(CN1CCCCC1)N1CCN(C)CC1. The van der Waals surface area contributed by atoms with Crippen LogP contribution in [0.3, 0.4) is 0 Å². The molecular formula is C14H29N3. The molecule has 1 atom stereocenters. The lowest BCUT2D eigenvalue weighted by Gasteiger charge is -2.40. The quantitative estimate of drug-likeness (QED) is 0.736. The summed E-state index contributed by atoms with van der Waals surface area (Å²) in [6, 6.07) is 0.793. The highest BCUT2D eigenvalue weighted by Gasteiger charge is 2.23. The first-order valence-corrected chi connectivity index (χ1v) is 7.44.